The van der Waals surface area contributed by atoms with Gasteiger partial charge < -0.3 is 19.5 Å². The van der Waals surface area contributed by atoms with Crippen molar-refractivity contribution >= 4 is 11.8 Å². The number of amides is 2. The van der Waals surface area contributed by atoms with Gasteiger partial charge in [0.25, 0.3) is 5.91 Å². The Bertz CT molecular complexity index is 676. The number of piperidine rings is 2. The molecule has 0 aromatic carbocycles. The number of hydrogen-bond donors (Lipinski definition) is 1. The highest BCUT2D eigenvalue weighted by Gasteiger charge is 2.42. The number of nitrogens with zero attached hydrogens (tertiary/aromatic N) is 3. The van der Waals surface area contributed by atoms with Crippen LogP contribution >= 0.6 is 0 Å². The lowest BCUT2D eigenvalue weighted by Gasteiger charge is -2.48. The van der Waals surface area contributed by atoms with Crippen LogP contribution in [0.1, 0.15) is 56.8 Å². The molecule has 2 aliphatic rings. The van der Waals surface area contributed by atoms with Crippen LogP contribution in [0.25, 0.3) is 0 Å². The standard InChI is InChI=1S/C20H31N3O3/c1-19(2,3)23-10-6-16(13-23)18(26)22-9-4-7-20(15-22)8-5-17(25)21(14-20)11-12-24/h6,10,13,24H,4-5,7-9,11-12,14-15H2,1-3H3/t20-/m0/s1. The van der Waals surface area contributed by atoms with Gasteiger partial charge in [0.05, 0.1) is 12.2 Å². The third-order valence-corrected chi connectivity index (χ3v) is 5.78. The molecule has 0 bridgehead atoms. The van der Waals surface area contributed by atoms with Gasteiger partial charge >= 0.3 is 0 Å². The maximum atomic E-state index is 13.0. The molecular weight excluding hydrogens is 330 g/mol. The van der Waals surface area contributed by atoms with E-state index >= 15 is 0 Å². The third-order valence-electron chi connectivity index (χ3n) is 5.78. The summed E-state index contributed by atoms with van der Waals surface area (Å²) in [6, 6.07) is 1.90. The van der Waals surface area contributed by atoms with Crippen molar-refractivity contribution in [3.63, 3.8) is 0 Å². The predicted molar refractivity (Wildman–Crippen MR) is 99.9 cm³/mol. The average Bonchev–Trinajstić information content (AvgIpc) is 3.08. The van der Waals surface area contributed by atoms with Crippen molar-refractivity contribution in [2.75, 3.05) is 32.8 Å². The fraction of sp³-hybridized carbons (Fsp3) is 0.700. The fourth-order valence-corrected chi connectivity index (χ4v) is 4.26. The molecule has 6 nitrogen and oxygen atoms in total. The quantitative estimate of drug-likeness (QED) is 0.896. The first-order valence-corrected chi connectivity index (χ1v) is 9.61. The molecule has 144 valence electrons. The van der Waals surface area contributed by atoms with Gasteiger partial charge in [-0.1, -0.05) is 0 Å². The highest BCUT2D eigenvalue weighted by Crippen LogP contribution is 2.39. The second-order valence-electron chi connectivity index (χ2n) is 8.85. The first kappa shape index (κ1) is 19.0. The number of carbonyl (C=O) groups excluding carboxylic acids is 2. The molecule has 0 saturated carbocycles. The number of β-amino-alcohol motifs (C(OH)–C–C–N with tert-alkyl or cyclic N) is 1. The van der Waals surface area contributed by atoms with E-state index in [9.17, 15) is 14.7 Å². The lowest BCUT2D eigenvalue weighted by Crippen LogP contribution is -2.55. The zero-order valence-corrected chi connectivity index (χ0v) is 16.2. The van der Waals surface area contributed by atoms with E-state index in [1.807, 2.05) is 23.4 Å². The maximum absolute atomic E-state index is 13.0. The fourth-order valence-electron chi connectivity index (χ4n) is 4.26. The molecule has 0 radical (unpaired) electrons. The van der Waals surface area contributed by atoms with Crippen molar-refractivity contribution in [1.29, 1.82) is 0 Å². The van der Waals surface area contributed by atoms with Crippen LogP contribution in [0.15, 0.2) is 18.5 Å². The largest absolute Gasteiger partial charge is 0.395 e. The molecule has 26 heavy (non-hydrogen) atoms. The number of carbonyl (C=O) groups is 2. The molecule has 2 aliphatic heterocycles. The Morgan fingerprint density at radius 1 is 1.27 bits per heavy atom. The lowest BCUT2D eigenvalue weighted by atomic mass is 9.73. The van der Waals surface area contributed by atoms with Crippen molar-refractivity contribution in [1.82, 2.24) is 14.4 Å². The van der Waals surface area contributed by atoms with Gasteiger partial charge in [0.2, 0.25) is 5.91 Å². The minimum absolute atomic E-state index is 0.00914. The van der Waals surface area contributed by atoms with Crippen molar-refractivity contribution < 1.29 is 14.7 Å². The zero-order valence-electron chi connectivity index (χ0n) is 16.2. The number of rotatable bonds is 3. The molecule has 0 unspecified atom stereocenters. The Morgan fingerprint density at radius 3 is 2.69 bits per heavy atom. The number of likely N-dealkylation sites (tertiary alicyclic amines) is 2. The summed E-state index contributed by atoms with van der Waals surface area (Å²) in [6.45, 7) is 8.85. The molecule has 2 amide bonds. The van der Waals surface area contributed by atoms with Crippen LogP contribution in [0.5, 0.6) is 0 Å². The monoisotopic (exact) mass is 361 g/mol. The number of aliphatic hydroxyl groups is 1. The molecule has 1 N–H and O–H groups in total. The van der Waals surface area contributed by atoms with Gasteiger partial charge in [0, 0.05) is 55.9 Å². The van der Waals surface area contributed by atoms with Crippen molar-refractivity contribution in [2.24, 2.45) is 5.41 Å². The van der Waals surface area contributed by atoms with Gasteiger partial charge in [0.1, 0.15) is 0 Å². The molecule has 1 aromatic heterocycles. The molecule has 3 rings (SSSR count). The number of aliphatic hydroxyl groups excluding tert-OH is 1. The highest BCUT2D eigenvalue weighted by atomic mass is 16.3. The summed E-state index contributed by atoms with van der Waals surface area (Å²) in [5.41, 5.74) is 0.663. The van der Waals surface area contributed by atoms with Gasteiger partial charge in [-0.05, 0) is 46.1 Å². The summed E-state index contributed by atoms with van der Waals surface area (Å²) in [5, 5.41) is 9.22. The summed E-state index contributed by atoms with van der Waals surface area (Å²) in [6.07, 6.45) is 7.26. The van der Waals surface area contributed by atoms with E-state index < -0.39 is 0 Å². The van der Waals surface area contributed by atoms with E-state index in [1.54, 1.807) is 4.90 Å². The van der Waals surface area contributed by atoms with Gasteiger partial charge in [-0.25, -0.2) is 0 Å². The molecular formula is C20H31N3O3. The first-order valence-electron chi connectivity index (χ1n) is 9.61. The summed E-state index contributed by atoms with van der Waals surface area (Å²) in [4.78, 5) is 28.8. The van der Waals surface area contributed by atoms with Crippen LogP contribution in [0.3, 0.4) is 0 Å². The zero-order chi connectivity index (χ0) is 18.9. The molecule has 1 aromatic rings. The summed E-state index contributed by atoms with van der Waals surface area (Å²) in [5.74, 6) is 0.202. The van der Waals surface area contributed by atoms with Crippen LogP contribution < -0.4 is 0 Å². The van der Waals surface area contributed by atoms with Crippen LogP contribution in [0.4, 0.5) is 0 Å². The molecule has 0 aliphatic carbocycles. The van der Waals surface area contributed by atoms with Gasteiger partial charge in [0.15, 0.2) is 0 Å². The van der Waals surface area contributed by atoms with Crippen LogP contribution in [0.2, 0.25) is 0 Å². The van der Waals surface area contributed by atoms with Gasteiger partial charge in [-0.15, -0.1) is 0 Å². The van der Waals surface area contributed by atoms with E-state index in [4.69, 9.17) is 0 Å². The van der Waals surface area contributed by atoms with E-state index in [0.29, 0.717) is 26.1 Å². The predicted octanol–water partition coefficient (Wildman–Crippen LogP) is 2.08. The minimum atomic E-state index is -0.0455. The summed E-state index contributed by atoms with van der Waals surface area (Å²) < 4.78 is 2.07. The van der Waals surface area contributed by atoms with Crippen molar-refractivity contribution in [3.05, 3.63) is 24.0 Å². The average molecular weight is 361 g/mol. The molecule has 1 spiro atoms. The maximum Gasteiger partial charge on any atom is 0.255 e. The Labute approximate surface area is 155 Å². The molecule has 2 saturated heterocycles. The third kappa shape index (κ3) is 3.80. The summed E-state index contributed by atoms with van der Waals surface area (Å²) in [7, 11) is 0. The second-order valence-corrected chi connectivity index (χ2v) is 8.85. The minimum Gasteiger partial charge on any atom is -0.395 e. The molecule has 3 heterocycles. The van der Waals surface area contributed by atoms with Crippen LogP contribution in [0, 0.1) is 5.41 Å². The van der Waals surface area contributed by atoms with Crippen LogP contribution in [-0.2, 0) is 10.3 Å². The van der Waals surface area contributed by atoms with Crippen molar-refractivity contribution in [3.8, 4) is 0 Å². The highest BCUT2D eigenvalue weighted by molar-refractivity contribution is 5.94. The van der Waals surface area contributed by atoms with Gasteiger partial charge in [-0.3, -0.25) is 9.59 Å². The van der Waals surface area contributed by atoms with Crippen molar-refractivity contribution in [2.45, 2.75) is 52.0 Å². The van der Waals surface area contributed by atoms with Gasteiger partial charge in [-0.2, -0.15) is 0 Å². The summed E-state index contributed by atoms with van der Waals surface area (Å²) >= 11 is 0. The van der Waals surface area contributed by atoms with E-state index in [1.165, 1.54) is 0 Å². The molecule has 6 heteroatoms. The Balaban J connectivity index is 1.73. The number of aromatic nitrogens is 1. The Hall–Kier alpha value is -1.82. The van der Waals surface area contributed by atoms with Crippen LogP contribution in [-0.4, -0.2) is 64.1 Å². The molecule has 2 fully saturated rings. The topological polar surface area (TPSA) is 65.8 Å². The normalized spacial score (nSPS) is 24.4. The smallest absolute Gasteiger partial charge is 0.255 e. The SMILES string of the molecule is CC(C)(C)n1ccc(C(=O)N2CCC[C@@]3(CCC(=O)N(CCO)C3)C2)c1. The lowest BCUT2D eigenvalue weighted by molar-refractivity contribution is -0.139. The van der Waals surface area contributed by atoms with E-state index in [-0.39, 0.29) is 29.4 Å². The van der Waals surface area contributed by atoms with E-state index in [2.05, 4.69) is 25.3 Å². The number of hydrogen-bond acceptors (Lipinski definition) is 3. The second kappa shape index (κ2) is 7.06. The molecule has 1 atom stereocenters. The Morgan fingerprint density at radius 2 is 2.04 bits per heavy atom. The first-order chi connectivity index (χ1) is 12.2. The van der Waals surface area contributed by atoms with E-state index in [0.717, 1.165) is 31.4 Å². The Kier molecular flexibility index (Phi) is 5.15.